The molecule has 4 nitrogen and oxygen atoms in total. The van der Waals surface area contributed by atoms with Crippen LogP contribution >= 0.6 is 11.3 Å². The van der Waals surface area contributed by atoms with Gasteiger partial charge in [-0.15, -0.1) is 11.3 Å². The second kappa shape index (κ2) is 8.27. The third kappa shape index (κ3) is 5.36. The van der Waals surface area contributed by atoms with E-state index >= 15 is 0 Å². The lowest BCUT2D eigenvalue weighted by Gasteiger charge is -2.24. The Labute approximate surface area is 133 Å². The Morgan fingerprint density at radius 1 is 1.14 bits per heavy atom. The molecule has 0 bridgehead atoms. The first-order chi connectivity index (χ1) is 9.78. The molecule has 21 heavy (non-hydrogen) atoms. The highest BCUT2D eigenvalue weighted by atomic mass is 32.2. The molecule has 6 heteroatoms. The summed E-state index contributed by atoms with van der Waals surface area (Å²) in [5.41, 5.74) is 5.66. The van der Waals surface area contributed by atoms with Crippen molar-refractivity contribution in [3.63, 3.8) is 0 Å². The van der Waals surface area contributed by atoms with Crippen molar-refractivity contribution >= 4 is 21.4 Å². The van der Waals surface area contributed by atoms with Crippen molar-refractivity contribution in [3.8, 4) is 0 Å². The van der Waals surface area contributed by atoms with Crippen LogP contribution in [-0.2, 0) is 16.6 Å². The Morgan fingerprint density at radius 2 is 1.67 bits per heavy atom. The molecule has 0 radical (unpaired) electrons. The van der Waals surface area contributed by atoms with Crippen molar-refractivity contribution in [1.29, 1.82) is 0 Å². The molecule has 1 heterocycles. The molecule has 0 atom stereocenters. The Balaban J connectivity index is 2.98. The normalized spacial score (nSPS) is 12.8. The van der Waals surface area contributed by atoms with Gasteiger partial charge in [0.1, 0.15) is 0 Å². The fraction of sp³-hybridized carbons (Fsp3) is 0.733. The van der Waals surface area contributed by atoms with Gasteiger partial charge in [0.25, 0.3) is 0 Å². The van der Waals surface area contributed by atoms with E-state index in [0.717, 1.165) is 17.7 Å². The van der Waals surface area contributed by atoms with Gasteiger partial charge in [-0.05, 0) is 36.1 Å². The number of hydrogen-bond acceptors (Lipinski definition) is 4. The molecule has 1 aromatic heterocycles. The van der Waals surface area contributed by atoms with Crippen molar-refractivity contribution in [3.05, 3.63) is 16.3 Å². The largest absolute Gasteiger partial charge is 0.326 e. The van der Waals surface area contributed by atoms with Crippen LogP contribution in [0.5, 0.6) is 0 Å². The van der Waals surface area contributed by atoms with Crippen molar-refractivity contribution < 1.29 is 8.42 Å². The molecular formula is C15H28N2O2S2. The van der Waals surface area contributed by atoms with E-state index in [9.17, 15) is 8.42 Å². The van der Waals surface area contributed by atoms with E-state index in [-0.39, 0.29) is 6.54 Å². The molecule has 0 aliphatic heterocycles. The van der Waals surface area contributed by atoms with Crippen molar-refractivity contribution in [1.82, 2.24) is 4.31 Å². The topological polar surface area (TPSA) is 63.4 Å². The lowest BCUT2D eigenvalue weighted by atomic mass is 10.1. The standard InChI is InChI=1S/C15H28N2O2S2/c1-12(2)5-8-17(9-6-13(3)4)21(18,19)15-7-10-20-14(15)11-16/h7,10,12-13H,5-6,8-9,11,16H2,1-4H3. The van der Waals surface area contributed by atoms with Crippen LogP contribution in [0.3, 0.4) is 0 Å². The van der Waals surface area contributed by atoms with Crippen LogP contribution in [-0.4, -0.2) is 25.8 Å². The van der Waals surface area contributed by atoms with E-state index in [1.807, 2.05) is 0 Å². The van der Waals surface area contributed by atoms with Crippen molar-refractivity contribution in [2.24, 2.45) is 17.6 Å². The minimum atomic E-state index is -3.43. The van der Waals surface area contributed by atoms with Crippen LogP contribution in [0.1, 0.15) is 45.4 Å². The molecule has 0 aliphatic rings. The number of nitrogens with two attached hydrogens (primary N) is 1. The minimum absolute atomic E-state index is 0.272. The summed E-state index contributed by atoms with van der Waals surface area (Å²) >= 11 is 1.41. The van der Waals surface area contributed by atoms with E-state index < -0.39 is 10.0 Å². The predicted molar refractivity (Wildman–Crippen MR) is 89.9 cm³/mol. The smallest absolute Gasteiger partial charge is 0.244 e. The van der Waals surface area contributed by atoms with E-state index in [0.29, 0.717) is 29.8 Å². The molecular weight excluding hydrogens is 304 g/mol. The average Bonchev–Trinajstić information content (AvgIpc) is 2.86. The molecule has 0 saturated carbocycles. The maximum Gasteiger partial charge on any atom is 0.244 e. The number of nitrogens with zero attached hydrogens (tertiary/aromatic N) is 1. The Bertz CT molecular complexity index is 510. The maximum atomic E-state index is 12.9. The number of rotatable bonds is 9. The summed E-state index contributed by atoms with van der Waals surface area (Å²) in [5, 5.41) is 1.80. The minimum Gasteiger partial charge on any atom is -0.326 e. The van der Waals surface area contributed by atoms with Gasteiger partial charge in [-0.2, -0.15) is 4.31 Å². The predicted octanol–water partition coefficient (Wildman–Crippen LogP) is 3.29. The van der Waals surface area contributed by atoms with Gasteiger partial charge in [0.05, 0.1) is 4.90 Å². The fourth-order valence-electron chi connectivity index (χ4n) is 2.00. The lowest BCUT2D eigenvalue weighted by Crippen LogP contribution is -2.34. The number of sulfonamides is 1. The fourth-order valence-corrected chi connectivity index (χ4v) is 4.78. The van der Waals surface area contributed by atoms with Gasteiger partial charge in [-0.3, -0.25) is 0 Å². The zero-order valence-corrected chi connectivity index (χ0v) is 15.1. The second-order valence-corrected chi connectivity index (χ2v) is 9.09. The Morgan fingerprint density at radius 3 is 2.10 bits per heavy atom. The van der Waals surface area contributed by atoms with Gasteiger partial charge in [-0.25, -0.2) is 8.42 Å². The number of hydrogen-bond donors (Lipinski definition) is 1. The van der Waals surface area contributed by atoms with E-state index in [2.05, 4.69) is 27.7 Å². The van der Waals surface area contributed by atoms with E-state index in [4.69, 9.17) is 5.73 Å². The molecule has 1 rings (SSSR count). The summed E-state index contributed by atoms with van der Waals surface area (Å²) in [5.74, 6) is 0.969. The van der Waals surface area contributed by atoms with Crippen molar-refractivity contribution in [2.45, 2.75) is 52.0 Å². The van der Waals surface area contributed by atoms with Crippen LogP contribution < -0.4 is 5.73 Å². The molecule has 122 valence electrons. The molecule has 1 aromatic rings. The maximum absolute atomic E-state index is 12.9. The zero-order valence-electron chi connectivity index (χ0n) is 13.5. The van der Waals surface area contributed by atoms with Crippen LogP contribution in [0.4, 0.5) is 0 Å². The third-order valence-electron chi connectivity index (χ3n) is 3.42. The summed E-state index contributed by atoms with van der Waals surface area (Å²) in [4.78, 5) is 1.14. The molecule has 0 saturated heterocycles. The second-order valence-electron chi connectivity index (χ2n) is 6.18. The van der Waals surface area contributed by atoms with Crippen LogP contribution in [0.15, 0.2) is 16.3 Å². The first-order valence-corrected chi connectivity index (χ1v) is 9.87. The molecule has 2 N–H and O–H groups in total. The highest BCUT2D eigenvalue weighted by Gasteiger charge is 2.27. The van der Waals surface area contributed by atoms with Gasteiger partial charge < -0.3 is 5.73 Å². The molecule has 0 aliphatic carbocycles. The highest BCUT2D eigenvalue weighted by Crippen LogP contribution is 2.26. The van der Waals surface area contributed by atoms with Gasteiger partial charge >= 0.3 is 0 Å². The summed E-state index contributed by atoms with van der Waals surface area (Å²) in [6, 6.07) is 1.68. The Kier molecular flexibility index (Phi) is 7.33. The van der Waals surface area contributed by atoms with Crippen LogP contribution in [0.2, 0.25) is 0 Å². The summed E-state index contributed by atoms with van der Waals surface area (Å²) < 4.78 is 27.4. The summed E-state index contributed by atoms with van der Waals surface area (Å²) in [6.45, 7) is 9.88. The van der Waals surface area contributed by atoms with Gasteiger partial charge in [-0.1, -0.05) is 27.7 Å². The SMILES string of the molecule is CC(C)CCN(CCC(C)C)S(=O)(=O)c1ccsc1CN. The molecule has 0 fully saturated rings. The van der Waals surface area contributed by atoms with Gasteiger partial charge in [0, 0.05) is 24.5 Å². The van der Waals surface area contributed by atoms with Gasteiger partial charge in [0.15, 0.2) is 0 Å². The first-order valence-electron chi connectivity index (χ1n) is 7.55. The third-order valence-corrected chi connectivity index (χ3v) is 6.48. The zero-order chi connectivity index (χ0) is 16.0. The Hall–Kier alpha value is -0.430. The van der Waals surface area contributed by atoms with Gasteiger partial charge in [0.2, 0.25) is 10.0 Å². The summed E-state index contributed by atoms with van der Waals surface area (Å²) in [6.07, 6.45) is 1.75. The van der Waals surface area contributed by atoms with Crippen LogP contribution in [0, 0.1) is 11.8 Å². The molecule has 0 spiro atoms. The quantitative estimate of drug-likeness (QED) is 0.755. The molecule has 0 unspecified atom stereocenters. The van der Waals surface area contributed by atoms with Crippen LogP contribution in [0.25, 0.3) is 0 Å². The number of thiophene rings is 1. The van der Waals surface area contributed by atoms with Crippen molar-refractivity contribution in [2.75, 3.05) is 13.1 Å². The summed E-state index contributed by atoms with van der Waals surface area (Å²) in [7, 11) is -3.43. The molecule has 0 amide bonds. The molecule has 0 aromatic carbocycles. The lowest BCUT2D eigenvalue weighted by molar-refractivity contribution is 0.357. The highest BCUT2D eigenvalue weighted by molar-refractivity contribution is 7.89. The monoisotopic (exact) mass is 332 g/mol. The van der Waals surface area contributed by atoms with E-state index in [1.165, 1.54) is 11.3 Å². The van der Waals surface area contributed by atoms with E-state index in [1.54, 1.807) is 15.8 Å². The average molecular weight is 333 g/mol. The first kappa shape index (κ1) is 18.6.